The van der Waals surface area contributed by atoms with Crippen LogP contribution in [-0.4, -0.2) is 41.3 Å². The van der Waals surface area contributed by atoms with Gasteiger partial charge in [0.05, 0.1) is 0 Å². The van der Waals surface area contributed by atoms with E-state index in [-0.39, 0.29) is 12.4 Å². The van der Waals surface area contributed by atoms with Crippen LogP contribution in [-0.2, 0) is 11.3 Å². The van der Waals surface area contributed by atoms with Gasteiger partial charge in [0.2, 0.25) is 0 Å². The molecule has 0 aliphatic rings. The average Bonchev–Trinajstić information content (AvgIpc) is 2.44. The van der Waals surface area contributed by atoms with Gasteiger partial charge >= 0.3 is 5.97 Å². The van der Waals surface area contributed by atoms with Gasteiger partial charge in [0, 0.05) is 19.2 Å². The Morgan fingerprint density at radius 2 is 2.10 bits per heavy atom. The number of aliphatic carboxylic acids is 1. The molecule has 0 saturated carbocycles. The van der Waals surface area contributed by atoms with Crippen LogP contribution in [0.4, 0.5) is 4.39 Å². The molecule has 0 saturated heterocycles. The summed E-state index contributed by atoms with van der Waals surface area (Å²) in [5.74, 6) is -1.43. The Balaban J connectivity index is 2.66. The van der Waals surface area contributed by atoms with Gasteiger partial charge in [0.1, 0.15) is 5.82 Å². The minimum absolute atomic E-state index is 0.214. The van der Waals surface area contributed by atoms with E-state index in [1.54, 1.807) is 6.07 Å². The number of carboxylic acids is 1. The van der Waals surface area contributed by atoms with Gasteiger partial charge in [-0.1, -0.05) is 6.07 Å². The minimum atomic E-state index is -1.05. The minimum Gasteiger partial charge on any atom is -0.478 e. The van der Waals surface area contributed by atoms with Crippen molar-refractivity contribution in [3.8, 4) is 0 Å². The van der Waals surface area contributed by atoms with Gasteiger partial charge in [0.15, 0.2) is 0 Å². The van der Waals surface area contributed by atoms with Crippen LogP contribution < -0.4 is 0 Å². The molecule has 0 aliphatic carbocycles. The highest BCUT2D eigenvalue weighted by Gasteiger charge is 2.06. The summed E-state index contributed by atoms with van der Waals surface area (Å²) in [6.07, 6.45) is 5.19. The predicted molar refractivity (Wildman–Crippen MR) is 80.3 cm³/mol. The number of hydrogen-bond acceptors (Lipinski definition) is 3. The van der Waals surface area contributed by atoms with E-state index < -0.39 is 5.97 Å². The number of unbranched alkanes of at least 4 members (excludes halogenated alkanes) is 2. The molecule has 0 unspecified atom stereocenters. The lowest BCUT2D eigenvalue weighted by Crippen LogP contribution is -2.19. The third-order valence-electron chi connectivity index (χ3n) is 3.15. The topological polar surface area (TPSA) is 60.8 Å². The fourth-order valence-corrected chi connectivity index (χ4v) is 2.07. The van der Waals surface area contributed by atoms with Crippen LogP contribution in [0.25, 0.3) is 6.08 Å². The van der Waals surface area contributed by atoms with Crippen LogP contribution in [0.15, 0.2) is 24.3 Å². The highest BCUT2D eigenvalue weighted by molar-refractivity contribution is 5.85. The molecule has 0 bridgehead atoms. The molecule has 2 N–H and O–H groups in total. The van der Waals surface area contributed by atoms with Gasteiger partial charge < -0.3 is 15.1 Å². The van der Waals surface area contributed by atoms with Gasteiger partial charge in [-0.15, -0.1) is 0 Å². The summed E-state index contributed by atoms with van der Waals surface area (Å²) in [5, 5.41) is 17.4. The summed E-state index contributed by atoms with van der Waals surface area (Å²) < 4.78 is 13.3. The summed E-state index contributed by atoms with van der Waals surface area (Å²) in [5.41, 5.74) is 1.47. The average molecular weight is 295 g/mol. The number of halogens is 1. The van der Waals surface area contributed by atoms with Crippen LogP contribution in [0.2, 0.25) is 0 Å². The number of carbonyl (C=O) groups is 1. The number of aliphatic hydroxyl groups excluding tert-OH is 1. The maximum atomic E-state index is 13.3. The monoisotopic (exact) mass is 295 g/mol. The van der Waals surface area contributed by atoms with E-state index in [0.717, 1.165) is 37.4 Å². The molecule has 0 radical (unpaired) electrons. The van der Waals surface area contributed by atoms with E-state index >= 15 is 0 Å². The first kappa shape index (κ1) is 17.3. The SMILES string of the molecule is CN(CCCCCO)Cc1ccc(F)cc1/C=C/C(=O)O. The van der Waals surface area contributed by atoms with Crippen molar-refractivity contribution in [1.29, 1.82) is 0 Å². The molecule has 0 amide bonds. The molecule has 0 aromatic heterocycles. The Morgan fingerprint density at radius 1 is 1.33 bits per heavy atom. The molecule has 0 heterocycles. The molecule has 0 aliphatic heterocycles. The van der Waals surface area contributed by atoms with E-state index in [0.29, 0.717) is 12.1 Å². The maximum absolute atomic E-state index is 13.3. The molecule has 1 aromatic carbocycles. The van der Waals surface area contributed by atoms with Crippen LogP contribution in [0.1, 0.15) is 30.4 Å². The molecule has 0 atom stereocenters. The van der Waals surface area contributed by atoms with Crippen LogP contribution in [0.3, 0.4) is 0 Å². The van der Waals surface area contributed by atoms with Crippen molar-refractivity contribution in [2.75, 3.05) is 20.2 Å². The quantitative estimate of drug-likeness (QED) is 0.543. The first-order chi connectivity index (χ1) is 10.0. The van der Waals surface area contributed by atoms with Crippen LogP contribution in [0, 0.1) is 5.82 Å². The second kappa shape index (κ2) is 9.26. The fourth-order valence-electron chi connectivity index (χ4n) is 2.07. The largest absolute Gasteiger partial charge is 0.478 e. The highest BCUT2D eigenvalue weighted by atomic mass is 19.1. The first-order valence-corrected chi connectivity index (χ1v) is 7.01. The molecule has 116 valence electrons. The second-order valence-corrected chi connectivity index (χ2v) is 5.04. The van der Waals surface area contributed by atoms with Crippen molar-refractivity contribution >= 4 is 12.0 Å². The van der Waals surface area contributed by atoms with Gasteiger partial charge in [-0.25, -0.2) is 9.18 Å². The third kappa shape index (κ3) is 7.02. The van der Waals surface area contributed by atoms with Crippen molar-refractivity contribution in [2.24, 2.45) is 0 Å². The summed E-state index contributed by atoms with van der Waals surface area (Å²) in [6, 6.07) is 4.41. The van der Waals surface area contributed by atoms with Crippen molar-refractivity contribution < 1.29 is 19.4 Å². The maximum Gasteiger partial charge on any atom is 0.328 e. The number of aliphatic hydroxyl groups is 1. The fraction of sp³-hybridized carbons (Fsp3) is 0.438. The Labute approximate surface area is 124 Å². The van der Waals surface area contributed by atoms with E-state index in [2.05, 4.69) is 4.90 Å². The Kier molecular flexibility index (Phi) is 7.64. The first-order valence-electron chi connectivity index (χ1n) is 7.01. The number of rotatable bonds is 9. The van der Waals surface area contributed by atoms with Gasteiger partial charge in [-0.3, -0.25) is 0 Å². The zero-order valence-corrected chi connectivity index (χ0v) is 12.3. The zero-order valence-electron chi connectivity index (χ0n) is 12.3. The summed E-state index contributed by atoms with van der Waals surface area (Å²) >= 11 is 0. The summed E-state index contributed by atoms with van der Waals surface area (Å²) in [7, 11) is 1.97. The number of hydrogen-bond donors (Lipinski definition) is 2. The third-order valence-corrected chi connectivity index (χ3v) is 3.15. The van der Waals surface area contributed by atoms with E-state index in [4.69, 9.17) is 10.2 Å². The molecular formula is C16H22FNO3. The van der Waals surface area contributed by atoms with Gasteiger partial charge in [-0.2, -0.15) is 0 Å². The molecule has 1 rings (SSSR count). The van der Waals surface area contributed by atoms with Crippen molar-refractivity contribution in [3.63, 3.8) is 0 Å². The van der Waals surface area contributed by atoms with Crippen LogP contribution >= 0.6 is 0 Å². The number of nitrogens with zero attached hydrogens (tertiary/aromatic N) is 1. The smallest absolute Gasteiger partial charge is 0.328 e. The normalized spacial score (nSPS) is 11.4. The molecule has 0 fully saturated rings. The Bertz CT molecular complexity index is 488. The highest BCUT2D eigenvalue weighted by Crippen LogP contribution is 2.15. The predicted octanol–water partition coefficient (Wildman–Crippen LogP) is 2.52. The zero-order chi connectivity index (χ0) is 15.7. The van der Waals surface area contributed by atoms with Crippen molar-refractivity contribution in [2.45, 2.75) is 25.8 Å². The summed E-state index contributed by atoms with van der Waals surface area (Å²) in [6.45, 7) is 1.71. The van der Waals surface area contributed by atoms with Crippen molar-refractivity contribution in [1.82, 2.24) is 4.90 Å². The molecule has 1 aromatic rings. The van der Waals surface area contributed by atoms with Crippen molar-refractivity contribution in [3.05, 3.63) is 41.2 Å². The van der Waals surface area contributed by atoms with E-state index in [9.17, 15) is 9.18 Å². The Morgan fingerprint density at radius 3 is 2.76 bits per heavy atom. The molecule has 5 heteroatoms. The number of carboxylic acid groups (broad SMARTS) is 1. The Hall–Kier alpha value is -1.72. The lowest BCUT2D eigenvalue weighted by molar-refractivity contribution is -0.131. The summed E-state index contributed by atoms with van der Waals surface area (Å²) in [4.78, 5) is 12.7. The molecule has 21 heavy (non-hydrogen) atoms. The lowest BCUT2D eigenvalue weighted by atomic mass is 10.1. The van der Waals surface area contributed by atoms with E-state index in [1.165, 1.54) is 18.2 Å². The number of benzene rings is 1. The second-order valence-electron chi connectivity index (χ2n) is 5.04. The van der Waals surface area contributed by atoms with Crippen LogP contribution in [0.5, 0.6) is 0 Å². The molecular weight excluding hydrogens is 273 g/mol. The van der Waals surface area contributed by atoms with Gasteiger partial charge in [-0.05, 0) is 62.2 Å². The van der Waals surface area contributed by atoms with E-state index in [1.807, 2.05) is 7.05 Å². The molecule has 4 nitrogen and oxygen atoms in total. The van der Waals surface area contributed by atoms with Gasteiger partial charge in [0.25, 0.3) is 0 Å². The standard InChI is InChI=1S/C16H22FNO3/c1-18(9-3-2-4-10-19)12-14-5-7-15(17)11-13(14)6-8-16(20)21/h5-8,11,19H,2-4,9-10,12H2,1H3,(H,20,21)/b8-6+. The lowest BCUT2D eigenvalue weighted by Gasteiger charge is -2.18. The molecule has 0 spiro atoms.